The van der Waals surface area contributed by atoms with Crippen LogP contribution in [-0.4, -0.2) is 47.0 Å². The zero-order chi connectivity index (χ0) is 15.8. The standard InChI is InChI=1S/C17H24N4O/c1-3-4-5-8-21-9-6-7-15(12-21)10-19-17(22)16-11-18-13-20-14(16)2/h11,13,15H,3,6-10,12H2,1-2H3,(H,19,22)/t15-/m1/s1. The van der Waals surface area contributed by atoms with E-state index in [-0.39, 0.29) is 5.91 Å². The molecule has 0 aromatic carbocycles. The highest BCUT2D eigenvalue weighted by Crippen LogP contribution is 2.15. The normalized spacial score (nSPS) is 18.4. The largest absolute Gasteiger partial charge is 0.352 e. The van der Waals surface area contributed by atoms with Crippen molar-refractivity contribution in [3.63, 3.8) is 0 Å². The van der Waals surface area contributed by atoms with Gasteiger partial charge in [0.1, 0.15) is 6.33 Å². The van der Waals surface area contributed by atoms with Crippen molar-refractivity contribution in [3.05, 3.63) is 23.8 Å². The molecular weight excluding hydrogens is 276 g/mol. The first-order chi connectivity index (χ1) is 10.7. The first-order valence-corrected chi connectivity index (χ1v) is 7.93. The number of amides is 1. The third-order valence-corrected chi connectivity index (χ3v) is 3.91. The van der Waals surface area contributed by atoms with Gasteiger partial charge >= 0.3 is 0 Å². The van der Waals surface area contributed by atoms with Crippen molar-refractivity contribution in [3.8, 4) is 11.8 Å². The van der Waals surface area contributed by atoms with E-state index in [2.05, 4.69) is 38.9 Å². The van der Waals surface area contributed by atoms with Crippen molar-refractivity contribution >= 4 is 5.91 Å². The van der Waals surface area contributed by atoms with E-state index in [4.69, 9.17) is 0 Å². The molecule has 5 heteroatoms. The lowest BCUT2D eigenvalue weighted by atomic mass is 9.98. The molecule has 1 aromatic heterocycles. The highest BCUT2D eigenvalue weighted by molar-refractivity contribution is 5.94. The van der Waals surface area contributed by atoms with Crippen molar-refractivity contribution in [1.29, 1.82) is 0 Å². The Bertz CT molecular complexity index is 561. The van der Waals surface area contributed by atoms with Gasteiger partial charge in [-0.2, -0.15) is 0 Å². The summed E-state index contributed by atoms with van der Waals surface area (Å²) >= 11 is 0. The summed E-state index contributed by atoms with van der Waals surface area (Å²) in [7, 11) is 0. The van der Waals surface area contributed by atoms with Crippen molar-refractivity contribution < 1.29 is 4.79 Å². The van der Waals surface area contributed by atoms with Crippen molar-refractivity contribution in [2.45, 2.75) is 33.1 Å². The highest BCUT2D eigenvalue weighted by Gasteiger charge is 2.20. The number of aryl methyl sites for hydroxylation is 1. The van der Waals surface area contributed by atoms with Gasteiger partial charge in [0.15, 0.2) is 0 Å². The topological polar surface area (TPSA) is 58.1 Å². The maximum Gasteiger partial charge on any atom is 0.254 e. The van der Waals surface area contributed by atoms with Crippen LogP contribution in [-0.2, 0) is 0 Å². The molecule has 0 unspecified atom stereocenters. The second-order valence-electron chi connectivity index (χ2n) is 5.68. The zero-order valence-corrected chi connectivity index (χ0v) is 13.4. The summed E-state index contributed by atoms with van der Waals surface area (Å²) in [6.07, 6.45) is 6.27. The number of hydrogen-bond acceptors (Lipinski definition) is 4. The van der Waals surface area contributed by atoms with Gasteiger partial charge in [-0.1, -0.05) is 12.8 Å². The molecule has 0 radical (unpaired) electrons. The summed E-state index contributed by atoms with van der Waals surface area (Å²) in [6, 6.07) is 0. The molecule has 1 aliphatic heterocycles. The van der Waals surface area contributed by atoms with Gasteiger partial charge in [0, 0.05) is 25.7 Å². The Morgan fingerprint density at radius 1 is 1.50 bits per heavy atom. The number of hydrogen-bond donors (Lipinski definition) is 1. The second-order valence-corrected chi connectivity index (χ2v) is 5.68. The maximum absolute atomic E-state index is 12.2. The van der Waals surface area contributed by atoms with E-state index >= 15 is 0 Å². The smallest absolute Gasteiger partial charge is 0.254 e. The number of nitrogens with zero attached hydrogens (tertiary/aromatic N) is 3. The molecule has 1 saturated heterocycles. The average molecular weight is 300 g/mol. The van der Waals surface area contributed by atoms with E-state index in [1.165, 1.54) is 12.7 Å². The number of piperidine rings is 1. The maximum atomic E-state index is 12.2. The van der Waals surface area contributed by atoms with Crippen LogP contribution in [0, 0.1) is 24.7 Å². The fraction of sp³-hybridized carbons (Fsp3) is 0.588. The molecule has 1 aromatic rings. The third kappa shape index (κ3) is 4.81. The lowest BCUT2D eigenvalue weighted by Gasteiger charge is -2.31. The number of carbonyl (C=O) groups is 1. The Morgan fingerprint density at radius 2 is 2.36 bits per heavy atom. The number of likely N-dealkylation sites (tertiary alicyclic amines) is 1. The summed E-state index contributed by atoms with van der Waals surface area (Å²) in [5.74, 6) is 6.72. The molecule has 2 rings (SSSR count). The lowest BCUT2D eigenvalue weighted by Crippen LogP contribution is -2.41. The zero-order valence-electron chi connectivity index (χ0n) is 13.4. The lowest BCUT2D eigenvalue weighted by molar-refractivity contribution is 0.0933. The average Bonchev–Trinajstić information content (AvgIpc) is 2.54. The van der Waals surface area contributed by atoms with Crippen LogP contribution < -0.4 is 5.32 Å². The SMILES string of the molecule is CCC#CCN1CCC[C@H](CNC(=O)c2cncnc2C)C1. The summed E-state index contributed by atoms with van der Waals surface area (Å²) in [5, 5.41) is 3.02. The predicted molar refractivity (Wildman–Crippen MR) is 86.3 cm³/mol. The predicted octanol–water partition coefficient (Wildman–Crippen LogP) is 1.64. The van der Waals surface area contributed by atoms with Gasteiger partial charge in [0.2, 0.25) is 0 Å². The molecule has 1 fully saturated rings. The van der Waals surface area contributed by atoms with E-state index in [0.717, 1.165) is 32.5 Å². The minimum atomic E-state index is -0.0824. The van der Waals surface area contributed by atoms with E-state index in [0.29, 0.717) is 23.7 Å². The van der Waals surface area contributed by atoms with Gasteiger partial charge in [-0.3, -0.25) is 9.69 Å². The second kappa shape index (κ2) is 8.50. The van der Waals surface area contributed by atoms with Crippen LogP contribution >= 0.6 is 0 Å². The molecule has 2 heterocycles. The Labute approximate surface area is 132 Å². The molecule has 118 valence electrons. The quantitative estimate of drug-likeness (QED) is 0.859. The third-order valence-electron chi connectivity index (χ3n) is 3.91. The van der Waals surface area contributed by atoms with E-state index in [9.17, 15) is 4.79 Å². The van der Waals surface area contributed by atoms with Crippen LogP contribution in [0.3, 0.4) is 0 Å². The summed E-state index contributed by atoms with van der Waals surface area (Å²) in [6.45, 7) is 7.54. The van der Waals surface area contributed by atoms with Gasteiger partial charge in [-0.25, -0.2) is 9.97 Å². The Hall–Kier alpha value is -1.93. The Kier molecular flexibility index (Phi) is 6.35. The molecule has 1 atom stereocenters. The molecule has 0 spiro atoms. The molecule has 22 heavy (non-hydrogen) atoms. The number of nitrogens with one attached hydrogen (secondary N) is 1. The molecule has 5 nitrogen and oxygen atoms in total. The van der Waals surface area contributed by atoms with Crippen LogP contribution in [0.2, 0.25) is 0 Å². The van der Waals surface area contributed by atoms with E-state index < -0.39 is 0 Å². The molecule has 1 amide bonds. The van der Waals surface area contributed by atoms with Crippen molar-refractivity contribution in [2.24, 2.45) is 5.92 Å². The number of aromatic nitrogens is 2. The van der Waals surface area contributed by atoms with Gasteiger partial charge in [0.25, 0.3) is 5.91 Å². The Balaban J connectivity index is 1.81. The first kappa shape index (κ1) is 16.4. The summed E-state index contributed by atoms with van der Waals surface area (Å²) in [4.78, 5) is 22.5. The van der Waals surface area contributed by atoms with Gasteiger partial charge in [-0.05, 0) is 32.2 Å². The van der Waals surface area contributed by atoms with Gasteiger partial charge in [0.05, 0.1) is 17.8 Å². The number of rotatable bonds is 4. The van der Waals surface area contributed by atoms with Crippen LogP contribution in [0.4, 0.5) is 0 Å². The molecular formula is C17H24N4O. The van der Waals surface area contributed by atoms with E-state index in [1.54, 1.807) is 6.20 Å². The fourth-order valence-corrected chi connectivity index (χ4v) is 2.70. The van der Waals surface area contributed by atoms with Gasteiger partial charge in [-0.15, -0.1) is 5.92 Å². The molecule has 1 N–H and O–H groups in total. The van der Waals surface area contributed by atoms with E-state index in [1.807, 2.05) is 6.92 Å². The summed E-state index contributed by atoms with van der Waals surface area (Å²) in [5.41, 5.74) is 1.27. The van der Waals surface area contributed by atoms with Crippen LogP contribution in [0.5, 0.6) is 0 Å². The number of carbonyl (C=O) groups excluding carboxylic acids is 1. The fourth-order valence-electron chi connectivity index (χ4n) is 2.70. The van der Waals surface area contributed by atoms with Crippen LogP contribution in [0.15, 0.2) is 12.5 Å². The van der Waals surface area contributed by atoms with Crippen molar-refractivity contribution in [1.82, 2.24) is 20.2 Å². The van der Waals surface area contributed by atoms with Gasteiger partial charge < -0.3 is 5.32 Å². The molecule has 0 aliphatic carbocycles. The van der Waals surface area contributed by atoms with Crippen LogP contribution in [0.1, 0.15) is 42.2 Å². The molecule has 0 saturated carbocycles. The van der Waals surface area contributed by atoms with Crippen molar-refractivity contribution in [2.75, 3.05) is 26.2 Å². The first-order valence-electron chi connectivity index (χ1n) is 7.93. The molecule has 1 aliphatic rings. The monoisotopic (exact) mass is 300 g/mol. The summed E-state index contributed by atoms with van der Waals surface area (Å²) < 4.78 is 0. The highest BCUT2D eigenvalue weighted by atomic mass is 16.1. The Morgan fingerprint density at radius 3 is 3.14 bits per heavy atom. The minimum Gasteiger partial charge on any atom is -0.352 e. The van der Waals surface area contributed by atoms with Crippen LogP contribution in [0.25, 0.3) is 0 Å². The molecule has 0 bridgehead atoms. The minimum absolute atomic E-state index is 0.0824.